The Bertz CT molecular complexity index is 390. The van der Waals surface area contributed by atoms with Crippen LogP contribution in [0.25, 0.3) is 0 Å². The van der Waals surface area contributed by atoms with E-state index in [0.29, 0.717) is 13.2 Å². The zero-order chi connectivity index (χ0) is 12.1. The van der Waals surface area contributed by atoms with Crippen molar-refractivity contribution in [1.29, 1.82) is 0 Å². The second-order valence-corrected chi connectivity index (χ2v) is 7.57. The van der Waals surface area contributed by atoms with Crippen LogP contribution in [-0.2, 0) is 20.9 Å². The number of hydrogen-bond acceptors (Lipinski definition) is 3. The fraction of sp³-hybridized carbons (Fsp3) is 0.538. The molecule has 1 aliphatic rings. The summed E-state index contributed by atoms with van der Waals surface area (Å²) in [6, 6.07) is 7.92. The molecular formula is C13H19O3P. The minimum atomic E-state index is -2.05. The number of hydrogen-bond donors (Lipinski definition) is 0. The fourth-order valence-corrected chi connectivity index (χ4v) is 5.06. The maximum atomic E-state index is 12.5. The lowest BCUT2D eigenvalue weighted by Crippen LogP contribution is -2.06. The van der Waals surface area contributed by atoms with E-state index in [1.165, 1.54) is 0 Å². The molecule has 1 saturated heterocycles. The van der Waals surface area contributed by atoms with Crippen LogP contribution in [0.15, 0.2) is 24.3 Å². The second kappa shape index (κ2) is 5.81. The fourth-order valence-electron chi connectivity index (χ4n) is 2.16. The van der Waals surface area contributed by atoms with E-state index in [1.807, 2.05) is 31.2 Å². The molecule has 0 radical (unpaired) electrons. The van der Waals surface area contributed by atoms with Gasteiger partial charge in [0.25, 0.3) is 0 Å². The summed E-state index contributed by atoms with van der Waals surface area (Å²) in [6.07, 6.45) is 3.96. The van der Waals surface area contributed by atoms with Gasteiger partial charge in [0.1, 0.15) is 13.7 Å². The summed E-state index contributed by atoms with van der Waals surface area (Å²) in [5.74, 6) is 0. The molecule has 0 unspecified atom stereocenters. The Morgan fingerprint density at radius 1 is 1.12 bits per heavy atom. The van der Waals surface area contributed by atoms with Gasteiger partial charge in [-0.1, -0.05) is 24.3 Å². The third-order valence-corrected chi connectivity index (χ3v) is 6.44. The van der Waals surface area contributed by atoms with Crippen molar-refractivity contribution < 1.29 is 14.3 Å². The predicted molar refractivity (Wildman–Crippen MR) is 69.1 cm³/mol. The molecule has 0 amide bonds. The van der Waals surface area contributed by atoms with Crippen LogP contribution in [-0.4, -0.2) is 18.9 Å². The lowest BCUT2D eigenvalue weighted by Gasteiger charge is -2.11. The van der Waals surface area contributed by atoms with E-state index in [-0.39, 0.29) is 0 Å². The average Bonchev–Trinajstić information content (AvgIpc) is 2.79. The van der Waals surface area contributed by atoms with E-state index in [4.69, 9.17) is 9.78 Å². The van der Waals surface area contributed by atoms with Crippen molar-refractivity contribution in [2.24, 2.45) is 0 Å². The molecule has 0 N–H and O–H groups in total. The van der Waals surface area contributed by atoms with Crippen LogP contribution in [0, 0.1) is 0 Å². The van der Waals surface area contributed by atoms with Gasteiger partial charge in [-0.3, -0.25) is 0 Å². The first-order chi connectivity index (χ1) is 8.24. The quantitative estimate of drug-likeness (QED) is 0.351. The molecule has 4 heteroatoms. The van der Waals surface area contributed by atoms with Gasteiger partial charge in [0.05, 0.1) is 6.61 Å². The monoisotopic (exact) mass is 254 g/mol. The molecule has 0 saturated carbocycles. The normalized spacial score (nSPS) is 18.4. The summed E-state index contributed by atoms with van der Waals surface area (Å²) in [5, 5.41) is 1.02. The van der Waals surface area contributed by atoms with Crippen LogP contribution in [0.1, 0.15) is 25.3 Å². The summed E-state index contributed by atoms with van der Waals surface area (Å²) in [7, 11) is -2.05. The lowest BCUT2D eigenvalue weighted by atomic mass is 10.2. The van der Waals surface area contributed by atoms with Crippen molar-refractivity contribution in [1.82, 2.24) is 0 Å². The van der Waals surface area contributed by atoms with Crippen LogP contribution < -0.4 is 5.30 Å². The van der Waals surface area contributed by atoms with Gasteiger partial charge in [-0.2, -0.15) is 0 Å². The Morgan fingerprint density at radius 2 is 1.76 bits per heavy atom. The molecule has 1 aromatic rings. The van der Waals surface area contributed by atoms with Crippen molar-refractivity contribution >= 4 is 12.4 Å². The molecule has 94 valence electrons. The molecule has 1 aromatic carbocycles. The largest absolute Gasteiger partial charge is 0.319 e. The first-order valence-electron chi connectivity index (χ1n) is 6.16. The van der Waals surface area contributed by atoms with Crippen molar-refractivity contribution in [3.63, 3.8) is 0 Å². The molecular weight excluding hydrogens is 235 g/mol. The van der Waals surface area contributed by atoms with E-state index in [2.05, 4.69) is 0 Å². The lowest BCUT2D eigenvalue weighted by molar-refractivity contribution is -0.300. The highest BCUT2D eigenvalue weighted by atomic mass is 31.2. The summed E-state index contributed by atoms with van der Waals surface area (Å²) in [4.78, 5) is 9.82. The van der Waals surface area contributed by atoms with E-state index in [9.17, 15) is 4.57 Å². The van der Waals surface area contributed by atoms with Gasteiger partial charge in [-0.05, 0) is 25.3 Å². The molecule has 0 aromatic heterocycles. The van der Waals surface area contributed by atoms with Gasteiger partial charge in [0.15, 0.2) is 0 Å². The zero-order valence-electron chi connectivity index (χ0n) is 10.2. The topological polar surface area (TPSA) is 35.5 Å². The second-order valence-electron chi connectivity index (χ2n) is 4.38. The molecule has 1 fully saturated rings. The summed E-state index contributed by atoms with van der Waals surface area (Å²) >= 11 is 0. The van der Waals surface area contributed by atoms with Crippen LogP contribution in [0.3, 0.4) is 0 Å². The Hall–Kier alpha value is -0.630. The standard InChI is InChI=1S/C13H19O3P/c1-2-15-16-11-12-5-7-13(8-6-12)17(14)9-3-4-10-17/h5-8H,2-4,9-11H2,1H3. The summed E-state index contributed by atoms with van der Waals surface area (Å²) in [6.45, 7) is 2.88. The number of benzene rings is 1. The van der Waals surface area contributed by atoms with Gasteiger partial charge < -0.3 is 4.57 Å². The van der Waals surface area contributed by atoms with Gasteiger partial charge >= 0.3 is 0 Å². The predicted octanol–water partition coefficient (Wildman–Crippen LogP) is 2.94. The summed E-state index contributed by atoms with van der Waals surface area (Å²) < 4.78 is 12.5. The van der Waals surface area contributed by atoms with Gasteiger partial charge in [-0.25, -0.2) is 9.78 Å². The van der Waals surface area contributed by atoms with Crippen molar-refractivity contribution in [2.75, 3.05) is 18.9 Å². The Morgan fingerprint density at radius 3 is 2.35 bits per heavy atom. The van der Waals surface area contributed by atoms with Crippen LogP contribution in [0.4, 0.5) is 0 Å². The Kier molecular flexibility index (Phi) is 4.38. The first kappa shape index (κ1) is 12.8. The average molecular weight is 254 g/mol. The molecule has 0 aliphatic carbocycles. The van der Waals surface area contributed by atoms with Crippen molar-refractivity contribution in [2.45, 2.75) is 26.4 Å². The molecule has 3 nitrogen and oxygen atoms in total. The van der Waals surface area contributed by atoms with Crippen LogP contribution in [0.5, 0.6) is 0 Å². The highest BCUT2D eigenvalue weighted by molar-refractivity contribution is 7.71. The molecule has 1 heterocycles. The molecule has 2 rings (SSSR count). The smallest absolute Gasteiger partial charge is 0.115 e. The van der Waals surface area contributed by atoms with Crippen molar-refractivity contribution in [3.8, 4) is 0 Å². The van der Waals surface area contributed by atoms with Crippen LogP contribution >= 0.6 is 7.14 Å². The third kappa shape index (κ3) is 3.19. The molecule has 0 bridgehead atoms. The molecule has 17 heavy (non-hydrogen) atoms. The highest BCUT2D eigenvalue weighted by Crippen LogP contribution is 2.50. The van der Waals surface area contributed by atoms with E-state index >= 15 is 0 Å². The van der Waals surface area contributed by atoms with Crippen LogP contribution in [0.2, 0.25) is 0 Å². The summed E-state index contributed by atoms with van der Waals surface area (Å²) in [5.41, 5.74) is 1.05. The molecule has 0 atom stereocenters. The third-order valence-electron chi connectivity index (χ3n) is 3.12. The molecule has 1 aliphatic heterocycles. The minimum Gasteiger partial charge on any atom is -0.319 e. The van der Waals surface area contributed by atoms with E-state index in [0.717, 1.165) is 36.0 Å². The van der Waals surface area contributed by atoms with Gasteiger partial charge in [-0.15, -0.1) is 0 Å². The Balaban J connectivity index is 2.00. The number of rotatable bonds is 5. The first-order valence-corrected chi connectivity index (χ1v) is 8.24. The molecule has 0 spiro atoms. The Labute approximate surface area is 102 Å². The van der Waals surface area contributed by atoms with Gasteiger partial charge in [0, 0.05) is 17.6 Å². The SMILES string of the molecule is CCOOCc1ccc(P2(=O)CCCC2)cc1. The van der Waals surface area contributed by atoms with E-state index < -0.39 is 7.14 Å². The van der Waals surface area contributed by atoms with E-state index in [1.54, 1.807) is 0 Å². The maximum absolute atomic E-state index is 12.5. The highest BCUT2D eigenvalue weighted by Gasteiger charge is 2.28. The van der Waals surface area contributed by atoms with Crippen molar-refractivity contribution in [3.05, 3.63) is 29.8 Å². The zero-order valence-corrected chi connectivity index (χ0v) is 11.1. The van der Waals surface area contributed by atoms with Gasteiger partial charge in [0.2, 0.25) is 0 Å². The minimum absolute atomic E-state index is 0.443. The maximum Gasteiger partial charge on any atom is 0.115 e.